The Morgan fingerprint density at radius 2 is 1.87 bits per heavy atom. The van der Waals surface area contributed by atoms with Crippen LogP contribution in [-0.2, 0) is 17.3 Å². The largest absolute Gasteiger partial charge is 0.461 e. The number of aryl methyl sites for hydroxylation is 1. The van der Waals surface area contributed by atoms with Crippen molar-refractivity contribution < 1.29 is 22.7 Å². The Morgan fingerprint density at radius 1 is 1.22 bits per heavy atom. The third kappa shape index (κ3) is 4.28. The van der Waals surface area contributed by atoms with Gasteiger partial charge in [0.2, 0.25) is 0 Å². The molecule has 2 aromatic rings. The quantitative estimate of drug-likeness (QED) is 0.807. The number of halogens is 3. The van der Waals surface area contributed by atoms with Gasteiger partial charge in [-0.2, -0.15) is 13.2 Å². The van der Waals surface area contributed by atoms with Crippen LogP contribution in [0.3, 0.4) is 0 Å². The Morgan fingerprint density at radius 3 is 2.43 bits per heavy atom. The summed E-state index contributed by atoms with van der Waals surface area (Å²) in [7, 11) is 0. The lowest BCUT2D eigenvalue weighted by molar-refractivity contribution is -0.137. The average molecular weight is 324 g/mol. The average Bonchev–Trinajstić information content (AvgIpc) is 2.47. The fourth-order valence-corrected chi connectivity index (χ4v) is 2.03. The normalized spacial score (nSPS) is 11.3. The summed E-state index contributed by atoms with van der Waals surface area (Å²) in [5.41, 5.74) is 0.950. The number of aromatic nitrogens is 2. The van der Waals surface area contributed by atoms with Crippen LogP contribution in [0.25, 0.3) is 0 Å². The molecule has 0 saturated heterocycles. The van der Waals surface area contributed by atoms with Crippen molar-refractivity contribution in [1.29, 1.82) is 0 Å². The standard InChI is InChI=1S/C16H15F3N2O2/c1-3-23-15(22)14-13(21-10(2)9-20-14)8-11-4-6-12(7-5-11)16(17,18)19/h4-7,9H,3,8H2,1-2H3. The summed E-state index contributed by atoms with van der Waals surface area (Å²) in [6.07, 6.45) is -2.73. The zero-order valence-corrected chi connectivity index (χ0v) is 12.6. The van der Waals surface area contributed by atoms with Gasteiger partial charge in [-0.25, -0.2) is 9.78 Å². The van der Waals surface area contributed by atoms with Crippen molar-refractivity contribution in [2.75, 3.05) is 6.61 Å². The van der Waals surface area contributed by atoms with Gasteiger partial charge in [0.1, 0.15) is 0 Å². The minimum Gasteiger partial charge on any atom is -0.461 e. The zero-order chi connectivity index (χ0) is 17.0. The molecule has 0 atom stereocenters. The van der Waals surface area contributed by atoms with Crippen LogP contribution in [0, 0.1) is 6.92 Å². The molecule has 0 saturated carbocycles. The lowest BCUT2D eigenvalue weighted by Crippen LogP contribution is -2.13. The highest BCUT2D eigenvalue weighted by Gasteiger charge is 2.30. The number of alkyl halides is 3. The smallest absolute Gasteiger partial charge is 0.416 e. The van der Waals surface area contributed by atoms with Crippen molar-refractivity contribution in [1.82, 2.24) is 9.97 Å². The number of rotatable bonds is 4. The second-order valence-electron chi connectivity index (χ2n) is 4.90. The fourth-order valence-electron chi connectivity index (χ4n) is 2.03. The van der Waals surface area contributed by atoms with Crippen LogP contribution in [0.5, 0.6) is 0 Å². The molecule has 23 heavy (non-hydrogen) atoms. The fraction of sp³-hybridized carbons (Fsp3) is 0.312. The molecule has 0 bridgehead atoms. The topological polar surface area (TPSA) is 52.1 Å². The van der Waals surface area contributed by atoms with Gasteiger partial charge in [0, 0.05) is 12.6 Å². The van der Waals surface area contributed by atoms with E-state index < -0.39 is 17.7 Å². The Kier molecular flexibility index (Phi) is 4.98. The van der Waals surface area contributed by atoms with Gasteiger partial charge >= 0.3 is 12.1 Å². The molecule has 0 fully saturated rings. The summed E-state index contributed by atoms with van der Waals surface area (Å²) in [5.74, 6) is -0.595. The van der Waals surface area contributed by atoms with Crippen molar-refractivity contribution in [3.63, 3.8) is 0 Å². The summed E-state index contributed by atoms with van der Waals surface area (Å²) < 4.78 is 42.6. The van der Waals surface area contributed by atoms with Crippen LogP contribution in [0.15, 0.2) is 30.5 Å². The molecule has 0 radical (unpaired) electrons. The van der Waals surface area contributed by atoms with E-state index in [1.807, 2.05) is 0 Å². The SMILES string of the molecule is CCOC(=O)c1ncc(C)nc1Cc1ccc(C(F)(F)F)cc1. The predicted molar refractivity (Wildman–Crippen MR) is 77.0 cm³/mol. The lowest BCUT2D eigenvalue weighted by atomic mass is 10.1. The molecule has 1 heterocycles. The number of hydrogen-bond acceptors (Lipinski definition) is 4. The molecular formula is C16H15F3N2O2. The molecule has 0 aliphatic carbocycles. The van der Waals surface area contributed by atoms with Crippen LogP contribution < -0.4 is 0 Å². The Hall–Kier alpha value is -2.44. The van der Waals surface area contributed by atoms with E-state index >= 15 is 0 Å². The first-order chi connectivity index (χ1) is 10.8. The van der Waals surface area contributed by atoms with E-state index in [1.165, 1.54) is 18.3 Å². The first kappa shape index (κ1) is 16.9. The molecule has 0 spiro atoms. The molecule has 2 rings (SSSR count). The molecule has 0 amide bonds. The van der Waals surface area contributed by atoms with Crippen LogP contribution in [0.1, 0.15) is 39.9 Å². The molecule has 122 valence electrons. The summed E-state index contributed by atoms with van der Waals surface area (Å²) >= 11 is 0. The van der Waals surface area contributed by atoms with Crippen molar-refractivity contribution >= 4 is 5.97 Å². The minimum absolute atomic E-state index is 0.0809. The molecule has 0 N–H and O–H groups in total. The van der Waals surface area contributed by atoms with Gasteiger partial charge < -0.3 is 4.74 Å². The molecule has 0 aliphatic rings. The zero-order valence-electron chi connectivity index (χ0n) is 12.6. The number of ether oxygens (including phenoxy) is 1. The summed E-state index contributed by atoms with van der Waals surface area (Å²) in [4.78, 5) is 20.2. The van der Waals surface area contributed by atoms with Gasteiger partial charge in [0.25, 0.3) is 0 Å². The monoisotopic (exact) mass is 324 g/mol. The van der Waals surface area contributed by atoms with Crippen molar-refractivity contribution in [3.8, 4) is 0 Å². The molecule has 1 aromatic carbocycles. The summed E-state index contributed by atoms with van der Waals surface area (Å²) in [6, 6.07) is 4.73. The maximum Gasteiger partial charge on any atom is 0.416 e. The second-order valence-corrected chi connectivity index (χ2v) is 4.90. The van der Waals surface area contributed by atoms with Crippen molar-refractivity contribution in [2.24, 2.45) is 0 Å². The number of benzene rings is 1. The van der Waals surface area contributed by atoms with Crippen LogP contribution in [0.2, 0.25) is 0 Å². The maximum absolute atomic E-state index is 12.6. The van der Waals surface area contributed by atoms with Gasteiger partial charge in [-0.3, -0.25) is 4.98 Å². The van der Waals surface area contributed by atoms with E-state index in [1.54, 1.807) is 13.8 Å². The molecule has 0 aliphatic heterocycles. The van der Waals surface area contributed by atoms with E-state index in [2.05, 4.69) is 9.97 Å². The van der Waals surface area contributed by atoms with E-state index in [4.69, 9.17) is 4.74 Å². The second kappa shape index (κ2) is 6.76. The number of nitrogens with zero attached hydrogens (tertiary/aromatic N) is 2. The lowest BCUT2D eigenvalue weighted by Gasteiger charge is -2.10. The molecule has 0 unspecified atom stereocenters. The van der Waals surface area contributed by atoms with Crippen LogP contribution in [-0.4, -0.2) is 22.5 Å². The number of esters is 1. The Balaban J connectivity index is 2.29. The highest BCUT2D eigenvalue weighted by Crippen LogP contribution is 2.29. The van der Waals surface area contributed by atoms with E-state index in [-0.39, 0.29) is 18.7 Å². The van der Waals surface area contributed by atoms with Gasteiger partial charge in [0.05, 0.1) is 23.6 Å². The highest BCUT2D eigenvalue weighted by atomic mass is 19.4. The molecule has 4 nitrogen and oxygen atoms in total. The van der Waals surface area contributed by atoms with Gasteiger partial charge in [-0.1, -0.05) is 12.1 Å². The number of hydrogen-bond donors (Lipinski definition) is 0. The summed E-state index contributed by atoms with van der Waals surface area (Å²) in [5, 5.41) is 0. The molecular weight excluding hydrogens is 309 g/mol. The summed E-state index contributed by atoms with van der Waals surface area (Å²) in [6.45, 7) is 3.60. The third-order valence-corrected chi connectivity index (χ3v) is 3.09. The van der Waals surface area contributed by atoms with Gasteiger partial charge in [-0.05, 0) is 31.5 Å². The Labute approximate surface area is 131 Å². The van der Waals surface area contributed by atoms with E-state index in [0.29, 0.717) is 17.0 Å². The third-order valence-electron chi connectivity index (χ3n) is 3.09. The first-order valence-electron chi connectivity index (χ1n) is 6.97. The van der Waals surface area contributed by atoms with E-state index in [0.717, 1.165) is 12.1 Å². The van der Waals surface area contributed by atoms with Crippen molar-refractivity contribution in [3.05, 3.63) is 58.7 Å². The first-order valence-corrected chi connectivity index (χ1v) is 6.97. The van der Waals surface area contributed by atoms with Crippen LogP contribution in [0.4, 0.5) is 13.2 Å². The van der Waals surface area contributed by atoms with Gasteiger partial charge in [-0.15, -0.1) is 0 Å². The van der Waals surface area contributed by atoms with Crippen LogP contribution >= 0.6 is 0 Å². The highest BCUT2D eigenvalue weighted by molar-refractivity contribution is 5.88. The van der Waals surface area contributed by atoms with E-state index in [9.17, 15) is 18.0 Å². The minimum atomic E-state index is -4.38. The molecule has 1 aromatic heterocycles. The molecule has 7 heteroatoms. The van der Waals surface area contributed by atoms with Crippen molar-refractivity contribution in [2.45, 2.75) is 26.4 Å². The predicted octanol–water partition coefficient (Wildman–Crippen LogP) is 3.57. The Bertz CT molecular complexity index is 697. The maximum atomic E-state index is 12.6. The van der Waals surface area contributed by atoms with Gasteiger partial charge in [0.15, 0.2) is 5.69 Å². The number of carbonyl (C=O) groups is 1. The number of carbonyl (C=O) groups excluding carboxylic acids is 1.